The van der Waals surface area contributed by atoms with Gasteiger partial charge in [-0.1, -0.05) is 30.9 Å². The van der Waals surface area contributed by atoms with Crippen LogP contribution in [0.1, 0.15) is 6.42 Å². The first-order valence-electron chi connectivity index (χ1n) is 4.04. The molecule has 0 spiro atoms. The monoisotopic (exact) mass is 180 g/mol. The zero-order valence-electron chi connectivity index (χ0n) is 7.27. The van der Waals surface area contributed by atoms with Crippen molar-refractivity contribution >= 4 is 5.97 Å². The molecule has 1 unspecified atom stereocenters. The van der Waals surface area contributed by atoms with Crippen molar-refractivity contribution in [1.82, 2.24) is 0 Å². The van der Waals surface area contributed by atoms with Gasteiger partial charge in [0.2, 0.25) is 0 Å². The first-order chi connectivity index (χ1) is 6.19. The molecular formula is C10H12O3. The lowest BCUT2D eigenvalue weighted by Crippen LogP contribution is -2.38. The van der Waals surface area contributed by atoms with Crippen LogP contribution in [0.25, 0.3) is 0 Å². The summed E-state index contributed by atoms with van der Waals surface area (Å²) in [7, 11) is 0. The molecule has 0 saturated carbocycles. The van der Waals surface area contributed by atoms with Crippen LogP contribution in [-0.4, -0.2) is 23.3 Å². The van der Waals surface area contributed by atoms with Gasteiger partial charge in [-0.15, -0.1) is 0 Å². The average molecular weight is 180 g/mol. The molecule has 1 aliphatic rings. The van der Waals surface area contributed by atoms with Crippen molar-refractivity contribution in [3.63, 3.8) is 0 Å². The smallest absolute Gasteiger partial charge is 0.342 e. The van der Waals surface area contributed by atoms with Gasteiger partial charge in [-0.2, -0.15) is 0 Å². The highest BCUT2D eigenvalue weighted by atomic mass is 16.5. The summed E-state index contributed by atoms with van der Waals surface area (Å²) in [6.07, 6.45) is 8.27. The van der Waals surface area contributed by atoms with E-state index >= 15 is 0 Å². The van der Waals surface area contributed by atoms with E-state index in [9.17, 15) is 9.90 Å². The summed E-state index contributed by atoms with van der Waals surface area (Å²) in [5.41, 5.74) is -1.49. The Morgan fingerprint density at radius 2 is 2.46 bits per heavy atom. The van der Waals surface area contributed by atoms with Crippen molar-refractivity contribution in [1.29, 1.82) is 0 Å². The zero-order valence-corrected chi connectivity index (χ0v) is 7.27. The fourth-order valence-electron chi connectivity index (χ4n) is 1.02. The summed E-state index contributed by atoms with van der Waals surface area (Å²) >= 11 is 0. The topological polar surface area (TPSA) is 46.5 Å². The van der Waals surface area contributed by atoms with Gasteiger partial charge in [0.25, 0.3) is 0 Å². The maximum atomic E-state index is 11.3. The lowest BCUT2D eigenvalue weighted by Gasteiger charge is -2.22. The van der Waals surface area contributed by atoms with Gasteiger partial charge in [-0.25, -0.2) is 4.79 Å². The Morgan fingerprint density at radius 1 is 1.69 bits per heavy atom. The summed E-state index contributed by atoms with van der Waals surface area (Å²) in [6, 6.07) is 0. The standard InChI is InChI=1S/C10H12O3/c1-2-8-13-9(11)10(12)6-4-3-5-7-10/h2-6,12H,1,7-8H2. The van der Waals surface area contributed by atoms with E-state index in [0.29, 0.717) is 0 Å². The van der Waals surface area contributed by atoms with Crippen LogP contribution in [0.3, 0.4) is 0 Å². The number of hydrogen-bond donors (Lipinski definition) is 1. The van der Waals surface area contributed by atoms with Crippen molar-refractivity contribution in [2.45, 2.75) is 12.0 Å². The Labute approximate surface area is 77.0 Å². The van der Waals surface area contributed by atoms with Crippen molar-refractivity contribution in [3.8, 4) is 0 Å². The van der Waals surface area contributed by atoms with Crippen LogP contribution in [0.4, 0.5) is 0 Å². The Morgan fingerprint density at radius 3 is 3.00 bits per heavy atom. The quantitative estimate of drug-likeness (QED) is 0.520. The molecule has 0 radical (unpaired) electrons. The molecule has 1 rings (SSSR count). The third kappa shape index (κ3) is 2.29. The predicted octanol–water partition coefficient (Wildman–Crippen LogP) is 0.963. The molecule has 0 saturated heterocycles. The summed E-state index contributed by atoms with van der Waals surface area (Å²) in [5.74, 6) is -0.631. The Kier molecular flexibility index (Phi) is 3.03. The van der Waals surface area contributed by atoms with Crippen LogP contribution in [0.2, 0.25) is 0 Å². The lowest BCUT2D eigenvalue weighted by atomic mass is 9.96. The first kappa shape index (κ1) is 9.74. The molecule has 3 nitrogen and oxygen atoms in total. The van der Waals surface area contributed by atoms with E-state index in [1.807, 2.05) is 0 Å². The van der Waals surface area contributed by atoms with Crippen LogP contribution in [0, 0.1) is 0 Å². The molecule has 1 aliphatic carbocycles. The highest BCUT2D eigenvalue weighted by molar-refractivity contribution is 5.82. The Balaban J connectivity index is 2.59. The number of rotatable bonds is 3. The van der Waals surface area contributed by atoms with Gasteiger partial charge in [0.05, 0.1) is 0 Å². The molecule has 13 heavy (non-hydrogen) atoms. The Bertz CT molecular complexity index is 265. The van der Waals surface area contributed by atoms with Gasteiger partial charge in [0.1, 0.15) is 6.61 Å². The van der Waals surface area contributed by atoms with Crippen LogP contribution in [-0.2, 0) is 9.53 Å². The summed E-state index contributed by atoms with van der Waals surface area (Å²) in [5, 5.41) is 9.72. The maximum absolute atomic E-state index is 11.3. The fraction of sp³-hybridized carbons (Fsp3) is 0.300. The Hall–Kier alpha value is -1.35. The predicted molar refractivity (Wildman–Crippen MR) is 49.0 cm³/mol. The number of carbonyl (C=O) groups excluding carboxylic acids is 1. The molecule has 3 heteroatoms. The molecule has 0 aromatic carbocycles. The SMILES string of the molecule is C=CCOC(=O)C1(O)C=CC=CC1. The summed E-state index contributed by atoms with van der Waals surface area (Å²) < 4.78 is 4.74. The number of esters is 1. The summed E-state index contributed by atoms with van der Waals surface area (Å²) in [6.45, 7) is 3.53. The number of allylic oxidation sites excluding steroid dienone is 2. The molecule has 0 aliphatic heterocycles. The second kappa shape index (κ2) is 4.05. The van der Waals surface area contributed by atoms with E-state index in [4.69, 9.17) is 4.74 Å². The van der Waals surface area contributed by atoms with Crippen LogP contribution >= 0.6 is 0 Å². The summed E-state index contributed by atoms with van der Waals surface area (Å²) in [4.78, 5) is 11.3. The molecule has 70 valence electrons. The molecule has 1 atom stereocenters. The number of hydrogen-bond acceptors (Lipinski definition) is 3. The van der Waals surface area contributed by atoms with Crippen molar-refractivity contribution in [3.05, 3.63) is 37.0 Å². The van der Waals surface area contributed by atoms with Crippen molar-refractivity contribution in [2.75, 3.05) is 6.61 Å². The van der Waals surface area contributed by atoms with Gasteiger partial charge in [0, 0.05) is 6.42 Å². The van der Waals surface area contributed by atoms with E-state index in [2.05, 4.69) is 6.58 Å². The maximum Gasteiger partial charge on any atom is 0.342 e. The minimum atomic E-state index is -1.49. The van der Waals surface area contributed by atoms with Gasteiger partial charge >= 0.3 is 5.97 Å². The van der Waals surface area contributed by atoms with E-state index < -0.39 is 11.6 Å². The van der Waals surface area contributed by atoms with Crippen LogP contribution in [0.15, 0.2) is 37.0 Å². The third-order valence-corrected chi connectivity index (χ3v) is 1.73. The average Bonchev–Trinajstić information content (AvgIpc) is 2.15. The van der Waals surface area contributed by atoms with Gasteiger partial charge in [0.15, 0.2) is 5.60 Å². The molecule has 1 N–H and O–H groups in total. The third-order valence-electron chi connectivity index (χ3n) is 1.73. The number of ether oxygens (including phenoxy) is 1. The molecule has 0 amide bonds. The molecule has 0 fully saturated rings. The van der Waals surface area contributed by atoms with E-state index in [1.54, 1.807) is 18.2 Å². The van der Waals surface area contributed by atoms with Gasteiger partial charge in [-0.3, -0.25) is 0 Å². The van der Waals surface area contributed by atoms with E-state index in [-0.39, 0.29) is 13.0 Å². The van der Waals surface area contributed by atoms with Crippen LogP contribution < -0.4 is 0 Å². The molecule has 0 heterocycles. The molecular weight excluding hydrogens is 168 g/mol. The fourth-order valence-corrected chi connectivity index (χ4v) is 1.02. The normalized spacial score (nSPS) is 25.6. The van der Waals surface area contributed by atoms with Crippen LogP contribution in [0.5, 0.6) is 0 Å². The minimum absolute atomic E-state index is 0.124. The van der Waals surface area contributed by atoms with Gasteiger partial charge < -0.3 is 9.84 Å². The largest absolute Gasteiger partial charge is 0.459 e. The lowest BCUT2D eigenvalue weighted by molar-refractivity contribution is -0.158. The number of carbonyl (C=O) groups is 1. The van der Waals surface area contributed by atoms with Crippen molar-refractivity contribution in [2.24, 2.45) is 0 Å². The minimum Gasteiger partial charge on any atom is -0.459 e. The second-order valence-corrected chi connectivity index (χ2v) is 2.80. The molecule has 0 aromatic heterocycles. The van der Waals surface area contributed by atoms with Crippen molar-refractivity contribution < 1.29 is 14.6 Å². The highest BCUT2D eigenvalue weighted by Crippen LogP contribution is 2.18. The van der Waals surface area contributed by atoms with E-state index in [1.165, 1.54) is 12.2 Å². The molecule has 0 bridgehead atoms. The molecule has 0 aromatic rings. The van der Waals surface area contributed by atoms with Gasteiger partial charge in [-0.05, 0) is 6.08 Å². The zero-order chi connectivity index (χ0) is 9.73. The number of aliphatic hydroxyl groups is 1. The van der Waals surface area contributed by atoms with E-state index in [0.717, 1.165) is 0 Å². The first-order valence-corrected chi connectivity index (χ1v) is 4.04. The highest BCUT2D eigenvalue weighted by Gasteiger charge is 2.34. The second-order valence-electron chi connectivity index (χ2n) is 2.80.